The van der Waals surface area contributed by atoms with Crippen LogP contribution in [0.2, 0.25) is 0 Å². The lowest BCUT2D eigenvalue weighted by atomic mass is 9.63. The number of likely N-dealkylation sites (N-methyl/N-ethyl adjacent to an activating group) is 1. The number of aryl methyl sites for hydroxylation is 1. The van der Waals surface area contributed by atoms with Crippen molar-refractivity contribution in [2.45, 2.75) is 94.3 Å². The molecule has 3 aromatic rings. The first-order valence-electron chi connectivity index (χ1n) is 15.9. The number of rotatable bonds is 5. The Morgan fingerprint density at radius 3 is 2.77 bits per heavy atom. The van der Waals surface area contributed by atoms with Gasteiger partial charge in [0, 0.05) is 35.6 Å². The van der Waals surface area contributed by atoms with E-state index >= 15 is 0 Å². The summed E-state index contributed by atoms with van der Waals surface area (Å²) >= 11 is 1.56. The highest BCUT2D eigenvalue weighted by atomic mass is 32.1. The maximum Gasteiger partial charge on any atom is 0.219 e. The number of morpholine rings is 1. The molecule has 0 radical (unpaired) electrons. The van der Waals surface area contributed by atoms with Gasteiger partial charge in [-0.05, 0) is 90.3 Å². The summed E-state index contributed by atoms with van der Waals surface area (Å²) in [7, 11) is 2.17. The zero-order valence-corrected chi connectivity index (χ0v) is 25.8. The van der Waals surface area contributed by atoms with Gasteiger partial charge >= 0.3 is 0 Å². The van der Waals surface area contributed by atoms with Gasteiger partial charge in [0.15, 0.2) is 17.3 Å². The van der Waals surface area contributed by atoms with E-state index in [2.05, 4.69) is 35.0 Å². The molecule has 3 aromatic heterocycles. The van der Waals surface area contributed by atoms with Crippen LogP contribution in [0.15, 0.2) is 10.6 Å². The average Bonchev–Trinajstić information content (AvgIpc) is 3.32. The SMILES string of the molecule is C[C@H](Oc1cc(N2CCOC3(CC3)C2)nc(-c2noc3c2CCC[C@@]32CCCc3sc(N)c(C#N)c32)n1)[C@@H]1CCCN1C. The molecule has 5 aliphatic rings. The van der Waals surface area contributed by atoms with Gasteiger partial charge in [0.25, 0.3) is 0 Å². The fraction of sp³-hybridized carbons (Fsp3) is 0.625. The second-order valence-electron chi connectivity index (χ2n) is 13.2. The van der Waals surface area contributed by atoms with Crippen LogP contribution in [0.3, 0.4) is 0 Å². The molecule has 1 saturated carbocycles. The van der Waals surface area contributed by atoms with Crippen LogP contribution in [-0.2, 0) is 23.0 Å². The molecule has 0 unspecified atom stereocenters. The van der Waals surface area contributed by atoms with Gasteiger partial charge in [0.1, 0.15) is 23.0 Å². The maximum absolute atomic E-state index is 10.1. The quantitative estimate of drug-likeness (QED) is 0.434. The third-order valence-corrected chi connectivity index (χ3v) is 11.6. The Bertz CT molecular complexity index is 1600. The predicted octanol–water partition coefficient (Wildman–Crippen LogP) is 4.84. The number of nitrogens with two attached hydrogens (primary N) is 1. The molecule has 0 aromatic carbocycles. The summed E-state index contributed by atoms with van der Waals surface area (Å²) in [5.74, 6) is 2.83. The molecule has 11 heteroatoms. The van der Waals surface area contributed by atoms with Gasteiger partial charge in [-0.2, -0.15) is 10.2 Å². The molecule has 3 atom stereocenters. The third kappa shape index (κ3) is 4.44. The highest BCUT2D eigenvalue weighted by molar-refractivity contribution is 7.16. The minimum atomic E-state index is -0.382. The molecular formula is C32H39N7O3S. The summed E-state index contributed by atoms with van der Waals surface area (Å²) in [5, 5.41) is 15.4. The van der Waals surface area contributed by atoms with E-state index in [1.807, 2.05) is 6.07 Å². The molecule has 0 bridgehead atoms. The van der Waals surface area contributed by atoms with Crippen molar-refractivity contribution < 1.29 is 14.0 Å². The van der Waals surface area contributed by atoms with E-state index in [0.29, 0.717) is 40.6 Å². The number of likely N-dealkylation sites (tertiary alicyclic amines) is 1. The summed E-state index contributed by atoms with van der Waals surface area (Å²) in [5.41, 5.74) is 9.37. The minimum Gasteiger partial charge on any atom is -0.473 e. The van der Waals surface area contributed by atoms with Gasteiger partial charge in [-0.3, -0.25) is 4.90 Å². The normalized spacial score (nSPS) is 26.7. The molecule has 3 fully saturated rings. The molecule has 2 saturated heterocycles. The zero-order chi connectivity index (χ0) is 29.3. The van der Waals surface area contributed by atoms with Gasteiger partial charge in [0.05, 0.1) is 23.2 Å². The lowest BCUT2D eigenvalue weighted by molar-refractivity contribution is 0.0203. The van der Waals surface area contributed by atoms with E-state index in [0.717, 1.165) is 100 Å². The second kappa shape index (κ2) is 10.2. The average molecular weight is 602 g/mol. The Morgan fingerprint density at radius 1 is 1.16 bits per heavy atom. The van der Waals surface area contributed by atoms with Gasteiger partial charge in [-0.25, -0.2) is 4.98 Å². The van der Waals surface area contributed by atoms with Gasteiger partial charge in [-0.15, -0.1) is 11.3 Å². The Kier molecular flexibility index (Phi) is 6.48. The number of nitrogens with zero attached hydrogens (tertiary/aromatic N) is 6. The molecule has 10 nitrogen and oxygen atoms in total. The van der Waals surface area contributed by atoms with Crippen molar-refractivity contribution in [1.82, 2.24) is 20.0 Å². The fourth-order valence-corrected chi connectivity index (χ4v) is 9.40. The van der Waals surface area contributed by atoms with Crippen molar-refractivity contribution in [2.75, 3.05) is 43.9 Å². The number of hydrogen-bond donors (Lipinski definition) is 1. The van der Waals surface area contributed by atoms with Crippen LogP contribution < -0.4 is 15.4 Å². The molecule has 3 aliphatic carbocycles. The molecule has 2 spiro atoms. The highest BCUT2D eigenvalue weighted by Crippen LogP contribution is 2.55. The largest absolute Gasteiger partial charge is 0.473 e. The van der Waals surface area contributed by atoms with Crippen molar-refractivity contribution in [3.63, 3.8) is 0 Å². The van der Waals surface area contributed by atoms with Crippen LogP contribution >= 0.6 is 11.3 Å². The standard InChI is InChI=1S/C32H39N7O3S/c1-19(22-7-5-13-38(22)2)41-25-16-24(39-14-15-40-31(18-39)11-12-31)35-30(36-25)27-20-6-3-9-32(28(20)42-37-27)10-4-8-23-26(32)21(17-33)29(34)43-23/h16,19,22H,3-15,18,34H2,1-2H3/t19-,22-,32-/m0/s1. The monoisotopic (exact) mass is 601 g/mol. The molecule has 8 rings (SSSR count). The predicted molar refractivity (Wildman–Crippen MR) is 164 cm³/mol. The number of hydrogen-bond acceptors (Lipinski definition) is 11. The van der Waals surface area contributed by atoms with Crippen LogP contribution in [0, 0.1) is 11.3 Å². The number of aromatic nitrogens is 3. The van der Waals surface area contributed by atoms with Gasteiger partial charge in [-0.1, -0.05) is 5.16 Å². The second-order valence-corrected chi connectivity index (χ2v) is 14.4. The van der Waals surface area contributed by atoms with E-state index in [1.165, 1.54) is 11.3 Å². The minimum absolute atomic E-state index is 0.00818. The van der Waals surface area contributed by atoms with Crippen molar-refractivity contribution >= 4 is 22.2 Å². The van der Waals surface area contributed by atoms with E-state index in [9.17, 15) is 5.26 Å². The Labute approximate surface area is 256 Å². The summed E-state index contributed by atoms with van der Waals surface area (Å²) in [4.78, 5) is 16.0. The number of ether oxygens (including phenoxy) is 2. The van der Waals surface area contributed by atoms with Crippen LogP contribution in [0.25, 0.3) is 11.5 Å². The zero-order valence-electron chi connectivity index (χ0n) is 25.0. The Morgan fingerprint density at radius 2 is 2.00 bits per heavy atom. The molecule has 5 heterocycles. The van der Waals surface area contributed by atoms with E-state index in [4.69, 9.17) is 29.7 Å². The van der Waals surface area contributed by atoms with Gasteiger partial charge < -0.3 is 24.6 Å². The van der Waals surface area contributed by atoms with E-state index in [-0.39, 0.29) is 17.1 Å². The first-order chi connectivity index (χ1) is 20.9. The van der Waals surface area contributed by atoms with E-state index in [1.54, 1.807) is 11.3 Å². The van der Waals surface area contributed by atoms with Crippen molar-refractivity contribution in [2.24, 2.45) is 0 Å². The molecular weight excluding hydrogens is 562 g/mol. The number of thiophene rings is 1. The number of fused-ring (bicyclic) bond motifs is 4. The molecule has 226 valence electrons. The summed E-state index contributed by atoms with van der Waals surface area (Å²) in [6.07, 6.45) is 10.1. The van der Waals surface area contributed by atoms with Crippen LogP contribution in [0.4, 0.5) is 10.8 Å². The fourth-order valence-electron chi connectivity index (χ4n) is 8.24. The molecule has 2 aliphatic heterocycles. The summed E-state index contributed by atoms with van der Waals surface area (Å²) in [6.45, 7) is 5.52. The summed E-state index contributed by atoms with van der Waals surface area (Å²) < 4.78 is 19.0. The number of nitrogen functional groups attached to an aromatic ring is 1. The number of nitriles is 1. The van der Waals surface area contributed by atoms with Crippen molar-refractivity contribution in [3.8, 4) is 23.5 Å². The number of anilines is 2. The molecule has 43 heavy (non-hydrogen) atoms. The smallest absolute Gasteiger partial charge is 0.219 e. The molecule has 0 amide bonds. The lowest BCUT2D eigenvalue weighted by Crippen LogP contribution is -2.44. The van der Waals surface area contributed by atoms with Crippen molar-refractivity contribution in [1.29, 1.82) is 5.26 Å². The van der Waals surface area contributed by atoms with Gasteiger partial charge in [0.2, 0.25) is 5.88 Å². The van der Waals surface area contributed by atoms with Crippen molar-refractivity contribution in [3.05, 3.63) is 33.4 Å². The Balaban J connectivity index is 1.21. The summed E-state index contributed by atoms with van der Waals surface area (Å²) in [6, 6.07) is 4.76. The highest BCUT2D eigenvalue weighted by Gasteiger charge is 2.50. The first-order valence-corrected chi connectivity index (χ1v) is 16.7. The van der Waals surface area contributed by atoms with Crippen LogP contribution in [0.5, 0.6) is 5.88 Å². The first kappa shape index (κ1) is 27.4. The third-order valence-electron chi connectivity index (χ3n) is 10.6. The molecule has 2 N–H and O–H groups in total. The van der Waals surface area contributed by atoms with Crippen LogP contribution in [-0.4, -0.2) is 71.1 Å². The topological polar surface area (TPSA) is 127 Å². The Hall–Kier alpha value is -3.20. The van der Waals surface area contributed by atoms with Crippen LogP contribution in [0.1, 0.15) is 85.6 Å². The van der Waals surface area contributed by atoms with E-state index < -0.39 is 0 Å². The lowest BCUT2D eigenvalue weighted by Gasteiger charge is -2.39. The maximum atomic E-state index is 10.1.